The number of ether oxygens (including phenoxy) is 2. The maximum absolute atomic E-state index is 13.0. The number of anilines is 1. The lowest BCUT2D eigenvalue weighted by Crippen LogP contribution is -2.51. The van der Waals surface area contributed by atoms with Crippen molar-refractivity contribution in [3.8, 4) is 11.5 Å². The number of amides is 2. The Morgan fingerprint density at radius 2 is 1.71 bits per heavy atom. The van der Waals surface area contributed by atoms with Crippen molar-refractivity contribution in [3.05, 3.63) is 54.1 Å². The van der Waals surface area contributed by atoms with E-state index in [-0.39, 0.29) is 18.6 Å². The van der Waals surface area contributed by atoms with Gasteiger partial charge >= 0.3 is 0 Å². The lowest BCUT2D eigenvalue weighted by atomic mass is 10.1. The van der Waals surface area contributed by atoms with Crippen molar-refractivity contribution < 1.29 is 19.1 Å². The summed E-state index contributed by atoms with van der Waals surface area (Å²) in [5, 5.41) is 5.75. The summed E-state index contributed by atoms with van der Waals surface area (Å²) < 4.78 is 10.8. The van der Waals surface area contributed by atoms with E-state index in [1.54, 1.807) is 0 Å². The van der Waals surface area contributed by atoms with Crippen LogP contribution in [-0.2, 0) is 16.1 Å². The van der Waals surface area contributed by atoms with Gasteiger partial charge in [0, 0.05) is 45.6 Å². The van der Waals surface area contributed by atoms with E-state index in [4.69, 9.17) is 9.47 Å². The topological polar surface area (TPSA) is 74.7 Å². The van der Waals surface area contributed by atoms with E-state index < -0.39 is 0 Å². The first kappa shape index (κ1) is 19.6. The zero-order valence-corrected chi connectivity index (χ0v) is 17.2. The molecule has 1 fully saturated rings. The summed E-state index contributed by atoms with van der Waals surface area (Å²) in [6.45, 7) is 3.93. The second-order valence-electron chi connectivity index (χ2n) is 7.84. The average Bonchev–Trinajstić information content (AvgIpc) is 3.28. The van der Waals surface area contributed by atoms with Crippen LogP contribution in [0.25, 0.3) is 0 Å². The highest BCUT2D eigenvalue weighted by atomic mass is 16.7. The Hall–Kier alpha value is -3.39. The van der Waals surface area contributed by atoms with E-state index in [1.165, 1.54) is 5.01 Å². The summed E-state index contributed by atoms with van der Waals surface area (Å²) >= 11 is 0. The molecule has 3 aliphatic heterocycles. The molecule has 160 valence electrons. The van der Waals surface area contributed by atoms with Gasteiger partial charge in [-0.15, -0.1) is 0 Å². The zero-order valence-electron chi connectivity index (χ0n) is 17.2. The summed E-state index contributed by atoms with van der Waals surface area (Å²) in [4.78, 5) is 29.5. The van der Waals surface area contributed by atoms with E-state index in [9.17, 15) is 9.59 Å². The van der Waals surface area contributed by atoms with Crippen LogP contribution in [0.5, 0.6) is 11.5 Å². The van der Waals surface area contributed by atoms with Gasteiger partial charge < -0.3 is 14.4 Å². The molecule has 0 N–H and O–H groups in total. The van der Waals surface area contributed by atoms with E-state index in [1.807, 2.05) is 47.4 Å². The van der Waals surface area contributed by atoms with Crippen molar-refractivity contribution in [2.24, 2.45) is 5.10 Å². The molecule has 0 radical (unpaired) electrons. The van der Waals surface area contributed by atoms with E-state index in [0.717, 1.165) is 36.7 Å². The Balaban J connectivity index is 1.20. The SMILES string of the molecule is O=C(C1=NN(c2ccccc2)C(=O)CC1)N1CCN(Cc2ccc3c(c2)OCO3)CC1. The minimum Gasteiger partial charge on any atom is -0.454 e. The van der Waals surface area contributed by atoms with Gasteiger partial charge in [-0.1, -0.05) is 24.3 Å². The maximum atomic E-state index is 13.0. The molecule has 2 aromatic carbocycles. The second kappa shape index (κ2) is 8.39. The second-order valence-corrected chi connectivity index (χ2v) is 7.84. The predicted molar refractivity (Wildman–Crippen MR) is 115 cm³/mol. The fourth-order valence-electron chi connectivity index (χ4n) is 4.07. The van der Waals surface area contributed by atoms with Gasteiger partial charge in [0.05, 0.1) is 5.69 Å². The number of hydrazone groups is 1. The van der Waals surface area contributed by atoms with Crippen LogP contribution in [0, 0.1) is 0 Å². The Kier molecular flexibility index (Phi) is 5.30. The molecule has 5 rings (SSSR count). The zero-order chi connectivity index (χ0) is 21.2. The van der Waals surface area contributed by atoms with Crippen molar-refractivity contribution in [2.75, 3.05) is 38.0 Å². The molecule has 1 saturated heterocycles. The van der Waals surface area contributed by atoms with E-state index >= 15 is 0 Å². The number of rotatable bonds is 4. The van der Waals surface area contributed by atoms with Crippen LogP contribution in [0.1, 0.15) is 18.4 Å². The molecule has 0 saturated carbocycles. The fourth-order valence-corrected chi connectivity index (χ4v) is 4.07. The standard InChI is InChI=1S/C23H24N4O4/c28-22-9-7-19(24-27(22)18-4-2-1-3-5-18)23(29)26-12-10-25(11-13-26)15-17-6-8-20-21(14-17)31-16-30-20/h1-6,8,14H,7,9-13,15-16H2. The average molecular weight is 420 g/mol. The molecule has 0 spiro atoms. The number of nitrogens with zero attached hydrogens (tertiary/aromatic N) is 4. The summed E-state index contributed by atoms with van der Waals surface area (Å²) in [6, 6.07) is 15.3. The van der Waals surface area contributed by atoms with Gasteiger partial charge in [-0.05, 0) is 29.8 Å². The third-order valence-corrected chi connectivity index (χ3v) is 5.78. The molecule has 0 atom stereocenters. The molecule has 0 bridgehead atoms. The predicted octanol–water partition coefficient (Wildman–Crippen LogP) is 2.24. The number of hydrogen-bond acceptors (Lipinski definition) is 6. The monoisotopic (exact) mass is 420 g/mol. The molecule has 8 heteroatoms. The van der Waals surface area contributed by atoms with Crippen molar-refractivity contribution in [1.29, 1.82) is 0 Å². The van der Waals surface area contributed by atoms with Gasteiger partial charge in [0.15, 0.2) is 11.5 Å². The largest absolute Gasteiger partial charge is 0.454 e. The maximum Gasteiger partial charge on any atom is 0.270 e. The number of benzene rings is 2. The molecule has 2 amide bonds. The molecular weight excluding hydrogens is 396 g/mol. The number of piperazine rings is 1. The lowest BCUT2D eigenvalue weighted by molar-refractivity contribution is -0.126. The molecule has 0 aromatic heterocycles. The van der Waals surface area contributed by atoms with E-state index in [2.05, 4.69) is 16.1 Å². The number of para-hydroxylation sites is 1. The van der Waals surface area contributed by atoms with E-state index in [0.29, 0.717) is 37.3 Å². The summed E-state index contributed by atoms with van der Waals surface area (Å²) in [7, 11) is 0. The molecular formula is C23H24N4O4. The Morgan fingerprint density at radius 3 is 2.52 bits per heavy atom. The molecule has 8 nitrogen and oxygen atoms in total. The summed E-state index contributed by atoms with van der Waals surface area (Å²) in [5.74, 6) is 1.42. The molecule has 0 aliphatic carbocycles. The summed E-state index contributed by atoms with van der Waals surface area (Å²) in [6.07, 6.45) is 0.682. The molecule has 3 heterocycles. The first-order valence-corrected chi connectivity index (χ1v) is 10.5. The number of hydrogen-bond donors (Lipinski definition) is 0. The minimum absolute atomic E-state index is 0.0730. The van der Waals surface area contributed by atoms with Crippen LogP contribution in [0.4, 0.5) is 5.69 Å². The third-order valence-electron chi connectivity index (χ3n) is 5.78. The first-order chi connectivity index (χ1) is 15.2. The normalized spacial score (nSPS) is 18.8. The highest BCUT2D eigenvalue weighted by molar-refractivity contribution is 6.40. The number of fused-ring (bicyclic) bond motifs is 1. The van der Waals surface area contributed by atoms with Crippen LogP contribution in [0.15, 0.2) is 53.6 Å². The van der Waals surface area contributed by atoms with Gasteiger partial charge in [-0.2, -0.15) is 5.10 Å². The van der Waals surface area contributed by atoms with Gasteiger partial charge in [0.1, 0.15) is 5.71 Å². The smallest absolute Gasteiger partial charge is 0.270 e. The van der Waals surface area contributed by atoms with Crippen molar-refractivity contribution >= 4 is 23.2 Å². The van der Waals surface area contributed by atoms with Crippen molar-refractivity contribution in [3.63, 3.8) is 0 Å². The van der Waals surface area contributed by atoms with Crippen LogP contribution in [0.3, 0.4) is 0 Å². The Morgan fingerprint density at radius 1 is 0.935 bits per heavy atom. The van der Waals surface area contributed by atoms with Gasteiger partial charge in [0.2, 0.25) is 12.7 Å². The Labute approximate surface area is 180 Å². The quantitative estimate of drug-likeness (QED) is 0.759. The van der Waals surface area contributed by atoms with Crippen LogP contribution in [0.2, 0.25) is 0 Å². The van der Waals surface area contributed by atoms with Crippen LogP contribution < -0.4 is 14.5 Å². The highest BCUT2D eigenvalue weighted by Crippen LogP contribution is 2.33. The fraction of sp³-hybridized carbons (Fsp3) is 0.348. The molecule has 3 aliphatic rings. The number of carbonyl (C=O) groups excluding carboxylic acids is 2. The van der Waals surface area contributed by atoms with Gasteiger partial charge in [0.25, 0.3) is 5.91 Å². The van der Waals surface area contributed by atoms with Crippen molar-refractivity contribution in [1.82, 2.24) is 9.80 Å². The minimum atomic E-state index is -0.0868. The molecule has 31 heavy (non-hydrogen) atoms. The highest BCUT2D eigenvalue weighted by Gasteiger charge is 2.30. The van der Waals surface area contributed by atoms with Crippen LogP contribution >= 0.6 is 0 Å². The number of carbonyl (C=O) groups is 2. The van der Waals surface area contributed by atoms with Crippen molar-refractivity contribution in [2.45, 2.75) is 19.4 Å². The third kappa shape index (κ3) is 4.11. The molecule has 2 aromatic rings. The first-order valence-electron chi connectivity index (χ1n) is 10.5. The Bertz CT molecular complexity index is 1020. The lowest BCUT2D eigenvalue weighted by Gasteiger charge is -2.35. The summed E-state index contributed by atoms with van der Waals surface area (Å²) in [5.41, 5.74) is 2.30. The molecule has 0 unspecified atom stereocenters. The van der Waals surface area contributed by atoms with Gasteiger partial charge in [-0.25, -0.2) is 5.01 Å². The van der Waals surface area contributed by atoms with Crippen LogP contribution in [-0.4, -0.2) is 60.3 Å². The van der Waals surface area contributed by atoms with Gasteiger partial charge in [-0.3, -0.25) is 14.5 Å².